The number of carbonyl (C=O) groups excluding carboxylic acids is 1. The van der Waals surface area contributed by atoms with Gasteiger partial charge in [-0.3, -0.25) is 19.1 Å². The maximum Gasteiger partial charge on any atom is 0.261 e. The van der Waals surface area contributed by atoms with E-state index in [9.17, 15) is 9.59 Å². The minimum absolute atomic E-state index is 0.0367. The first kappa shape index (κ1) is 18.4. The van der Waals surface area contributed by atoms with Crippen LogP contribution in [-0.2, 0) is 24.4 Å². The van der Waals surface area contributed by atoms with Crippen molar-refractivity contribution in [3.8, 4) is 0 Å². The maximum absolute atomic E-state index is 12.5. The summed E-state index contributed by atoms with van der Waals surface area (Å²) in [5, 5.41) is 3.47. The summed E-state index contributed by atoms with van der Waals surface area (Å²) in [5.74, 6) is -0.199. The van der Waals surface area contributed by atoms with E-state index in [0.29, 0.717) is 17.4 Å². The lowest BCUT2D eigenvalue weighted by atomic mass is 10.1. The molecule has 2 heterocycles. The molecule has 6 heteroatoms. The molecule has 0 radical (unpaired) electrons. The van der Waals surface area contributed by atoms with E-state index in [2.05, 4.69) is 27.3 Å². The minimum Gasteiger partial charge on any atom is -0.350 e. The molecule has 144 valence electrons. The number of hydrogen-bond donors (Lipinski definition) is 1. The third-order valence-corrected chi connectivity index (χ3v) is 5.23. The third kappa shape index (κ3) is 4.12. The highest BCUT2D eigenvalue weighted by Crippen LogP contribution is 2.16. The molecule has 0 unspecified atom stereocenters. The molecule has 0 atom stereocenters. The zero-order valence-corrected chi connectivity index (χ0v) is 15.8. The molecular weight excluding hydrogens is 352 g/mol. The molecule has 1 N–H and O–H groups in total. The van der Waals surface area contributed by atoms with Crippen molar-refractivity contribution < 1.29 is 4.79 Å². The Morgan fingerprint density at radius 1 is 1.00 bits per heavy atom. The quantitative estimate of drug-likeness (QED) is 0.717. The molecule has 0 aliphatic carbocycles. The van der Waals surface area contributed by atoms with Gasteiger partial charge in [0.2, 0.25) is 5.91 Å². The Morgan fingerprint density at radius 3 is 2.54 bits per heavy atom. The van der Waals surface area contributed by atoms with Gasteiger partial charge in [-0.25, -0.2) is 4.98 Å². The maximum atomic E-state index is 12.5. The van der Waals surface area contributed by atoms with Gasteiger partial charge < -0.3 is 5.32 Å². The number of benzene rings is 2. The summed E-state index contributed by atoms with van der Waals surface area (Å²) < 4.78 is 1.35. The Bertz CT molecular complexity index is 1040. The molecule has 0 spiro atoms. The topological polar surface area (TPSA) is 67.2 Å². The highest BCUT2D eigenvalue weighted by atomic mass is 16.2. The summed E-state index contributed by atoms with van der Waals surface area (Å²) in [4.78, 5) is 31.7. The first-order valence-corrected chi connectivity index (χ1v) is 9.71. The average Bonchev–Trinajstić information content (AvgIpc) is 3.23. The number of carbonyl (C=O) groups is 1. The van der Waals surface area contributed by atoms with Crippen molar-refractivity contribution >= 4 is 16.8 Å². The number of fused-ring (bicyclic) bond motifs is 1. The van der Waals surface area contributed by atoms with Crippen LogP contribution in [0.15, 0.2) is 59.7 Å². The van der Waals surface area contributed by atoms with Crippen molar-refractivity contribution in [1.29, 1.82) is 0 Å². The molecule has 1 saturated heterocycles. The van der Waals surface area contributed by atoms with Crippen LogP contribution in [0.2, 0.25) is 0 Å². The normalized spacial score (nSPS) is 14.4. The number of amides is 1. The molecule has 4 rings (SSSR count). The second kappa shape index (κ2) is 8.35. The van der Waals surface area contributed by atoms with E-state index in [4.69, 9.17) is 0 Å². The monoisotopic (exact) mass is 376 g/mol. The Labute approximate surface area is 163 Å². The van der Waals surface area contributed by atoms with Crippen LogP contribution in [0.3, 0.4) is 0 Å². The number of rotatable bonds is 6. The first-order chi connectivity index (χ1) is 13.7. The Hall–Kier alpha value is -2.99. The van der Waals surface area contributed by atoms with Gasteiger partial charge in [-0.1, -0.05) is 36.4 Å². The molecule has 3 aromatic rings. The third-order valence-electron chi connectivity index (χ3n) is 5.23. The van der Waals surface area contributed by atoms with Gasteiger partial charge in [0.15, 0.2) is 0 Å². The van der Waals surface area contributed by atoms with Crippen molar-refractivity contribution in [1.82, 2.24) is 19.8 Å². The van der Waals surface area contributed by atoms with Crippen molar-refractivity contribution in [2.75, 3.05) is 13.1 Å². The molecule has 2 aromatic carbocycles. The first-order valence-electron chi connectivity index (χ1n) is 9.71. The van der Waals surface area contributed by atoms with Gasteiger partial charge in [0, 0.05) is 13.1 Å². The average molecular weight is 376 g/mol. The lowest BCUT2D eigenvalue weighted by Gasteiger charge is -2.17. The SMILES string of the molecule is O=C(Cn1cnc2ccccc2c1=O)NCc1ccccc1CN1CCCC1. The van der Waals surface area contributed by atoms with Crippen LogP contribution in [-0.4, -0.2) is 33.4 Å². The van der Waals surface area contributed by atoms with E-state index < -0.39 is 0 Å². The van der Waals surface area contributed by atoms with Gasteiger partial charge in [-0.05, 0) is 49.2 Å². The Kier molecular flexibility index (Phi) is 5.48. The highest BCUT2D eigenvalue weighted by molar-refractivity contribution is 5.78. The molecule has 1 fully saturated rings. The summed E-state index contributed by atoms with van der Waals surface area (Å²) in [6.07, 6.45) is 3.95. The van der Waals surface area contributed by atoms with Gasteiger partial charge >= 0.3 is 0 Å². The van der Waals surface area contributed by atoms with Crippen molar-refractivity contribution in [3.05, 3.63) is 76.3 Å². The standard InChI is InChI=1S/C22H24N4O2/c27-21(15-26-16-24-20-10-4-3-9-19(20)22(26)28)23-13-17-7-1-2-8-18(17)14-25-11-5-6-12-25/h1-4,7-10,16H,5-6,11-15H2,(H,23,27). The molecule has 6 nitrogen and oxygen atoms in total. The number of nitrogens with one attached hydrogen (secondary N) is 1. The predicted molar refractivity (Wildman–Crippen MR) is 109 cm³/mol. The lowest BCUT2D eigenvalue weighted by molar-refractivity contribution is -0.121. The van der Waals surface area contributed by atoms with E-state index in [1.807, 2.05) is 18.2 Å². The van der Waals surface area contributed by atoms with Gasteiger partial charge in [-0.15, -0.1) is 0 Å². The lowest BCUT2D eigenvalue weighted by Crippen LogP contribution is -2.32. The van der Waals surface area contributed by atoms with Crippen LogP contribution in [0.1, 0.15) is 24.0 Å². The van der Waals surface area contributed by atoms with E-state index in [0.717, 1.165) is 25.2 Å². The van der Waals surface area contributed by atoms with E-state index in [1.165, 1.54) is 29.3 Å². The fourth-order valence-corrected chi connectivity index (χ4v) is 3.69. The second-order valence-corrected chi connectivity index (χ2v) is 7.22. The van der Waals surface area contributed by atoms with Gasteiger partial charge in [0.05, 0.1) is 17.2 Å². The largest absolute Gasteiger partial charge is 0.350 e. The van der Waals surface area contributed by atoms with Crippen LogP contribution in [0.4, 0.5) is 0 Å². The second-order valence-electron chi connectivity index (χ2n) is 7.22. The number of aromatic nitrogens is 2. The molecule has 1 aromatic heterocycles. The molecule has 1 aliphatic heterocycles. The zero-order chi connectivity index (χ0) is 19.3. The minimum atomic E-state index is -0.199. The van der Waals surface area contributed by atoms with E-state index in [-0.39, 0.29) is 18.0 Å². The van der Waals surface area contributed by atoms with Crippen molar-refractivity contribution in [2.24, 2.45) is 0 Å². The number of hydrogen-bond acceptors (Lipinski definition) is 4. The Balaban J connectivity index is 1.41. The molecule has 1 aliphatic rings. The van der Waals surface area contributed by atoms with Gasteiger partial charge in [0.1, 0.15) is 6.54 Å². The highest BCUT2D eigenvalue weighted by Gasteiger charge is 2.14. The zero-order valence-electron chi connectivity index (χ0n) is 15.8. The van der Waals surface area contributed by atoms with Crippen LogP contribution < -0.4 is 10.9 Å². The molecule has 1 amide bonds. The fourth-order valence-electron chi connectivity index (χ4n) is 3.69. The van der Waals surface area contributed by atoms with Gasteiger partial charge in [-0.2, -0.15) is 0 Å². The number of nitrogens with zero attached hydrogens (tertiary/aromatic N) is 3. The van der Waals surface area contributed by atoms with Crippen molar-refractivity contribution in [3.63, 3.8) is 0 Å². The number of para-hydroxylation sites is 1. The summed E-state index contributed by atoms with van der Waals surface area (Å²) >= 11 is 0. The fraction of sp³-hybridized carbons (Fsp3) is 0.318. The molecule has 28 heavy (non-hydrogen) atoms. The van der Waals surface area contributed by atoms with Gasteiger partial charge in [0.25, 0.3) is 5.56 Å². The molecule has 0 saturated carbocycles. The number of likely N-dealkylation sites (tertiary alicyclic amines) is 1. The summed E-state index contributed by atoms with van der Waals surface area (Å²) in [5.41, 5.74) is 2.80. The van der Waals surface area contributed by atoms with E-state index >= 15 is 0 Å². The van der Waals surface area contributed by atoms with Crippen LogP contribution in [0.5, 0.6) is 0 Å². The van der Waals surface area contributed by atoms with Crippen LogP contribution in [0, 0.1) is 0 Å². The predicted octanol–water partition coefficient (Wildman–Crippen LogP) is 2.31. The Morgan fingerprint density at radius 2 is 1.71 bits per heavy atom. The summed E-state index contributed by atoms with van der Waals surface area (Å²) in [7, 11) is 0. The van der Waals surface area contributed by atoms with Crippen LogP contribution >= 0.6 is 0 Å². The summed E-state index contributed by atoms with van der Waals surface area (Å²) in [6.45, 7) is 3.61. The summed E-state index contributed by atoms with van der Waals surface area (Å²) in [6, 6.07) is 15.4. The molecular formula is C22H24N4O2. The van der Waals surface area contributed by atoms with Crippen LogP contribution in [0.25, 0.3) is 10.9 Å². The molecule has 0 bridgehead atoms. The van der Waals surface area contributed by atoms with E-state index in [1.54, 1.807) is 18.2 Å². The smallest absolute Gasteiger partial charge is 0.261 e. The van der Waals surface area contributed by atoms with Crippen molar-refractivity contribution in [2.45, 2.75) is 32.5 Å².